The second kappa shape index (κ2) is 8.86. The Morgan fingerprint density at radius 3 is 2.61 bits per heavy atom. The number of hydrogen-bond acceptors (Lipinski definition) is 3. The van der Waals surface area contributed by atoms with Gasteiger partial charge in [0.05, 0.1) is 29.0 Å². The number of carbonyl (C=O) groups is 2. The monoisotopic (exact) mass is 427 g/mol. The SMILES string of the molecule is O=C(CN1CCC[C@@H]1C(=O)Nc1ccc(Cl)cc1Cl)Nc1cc(F)ccc1F. The Balaban J connectivity index is 1.63. The van der Waals surface area contributed by atoms with Crippen molar-refractivity contribution in [2.24, 2.45) is 0 Å². The van der Waals surface area contributed by atoms with Gasteiger partial charge >= 0.3 is 0 Å². The number of anilines is 2. The van der Waals surface area contributed by atoms with Gasteiger partial charge in [-0.2, -0.15) is 0 Å². The molecule has 28 heavy (non-hydrogen) atoms. The van der Waals surface area contributed by atoms with E-state index in [-0.39, 0.29) is 18.1 Å². The summed E-state index contributed by atoms with van der Waals surface area (Å²) in [5.74, 6) is -2.22. The zero-order chi connectivity index (χ0) is 20.3. The summed E-state index contributed by atoms with van der Waals surface area (Å²) in [4.78, 5) is 26.5. The Labute approximate surface area is 170 Å². The van der Waals surface area contributed by atoms with Crippen LogP contribution in [-0.4, -0.2) is 35.8 Å². The molecule has 0 aliphatic carbocycles. The number of nitrogens with one attached hydrogen (secondary N) is 2. The lowest BCUT2D eigenvalue weighted by atomic mass is 10.2. The van der Waals surface area contributed by atoms with Gasteiger partial charge in [-0.15, -0.1) is 0 Å². The van der Waals surface area contributed by atoms with E-state index in [0.29, 0.717) is 28.7 Å². The summed E-state index contributed by atoms with van der Waals surface area (Å²) in [6.07, 6.45) is 1.30. The molecule has 5 nitrogen and oxygen atoms in total. The molecule has 0 aromatic heterocycles. The van der Waals surface area contributed by atoms with Gasteiger partial charge in [0.15, 0.2) is 0 Å². The third-order valence-electron chi connectivity index (χ3n) is 4.40. The minimum atomic E-state index is -0.733. The molecule has 0 unspecified atom stereocenters. The number of amides is 2. The van der Waals surface area contributed by atoms with Crippen LogP contribution in [0.3, 0.4) is 0 Å². The largest absolute Gasteiger partial charge is 0.323 e. The molecule has 1 fully saturated rings. The van der Waals surface area contributed by atoms with Crippen LogP contribution in [0.1, 0.15) is 12.8 Å². The number of halogens is 4. The van der Waals surface area contributed by atoms with Crippen molar-refractivity contribution in [3.05, 3.63) is 58.1 Å². The van der Waals surface area contributed by atoms with Crippen molar-refractivity contribution in [2.75, 3.05) is 23.7 Å². The van der Waals surface area contributed by atoms with Crippen molar-refractivity contribution in [2.45, 2.75) is 18.9 Å². The number of nitrogens with zero attached hydrogens (tertiary/aromatic N) is 1. The van der Waals surface area contributed by atoms with Crippen LogP contribution in [-0.2, 0) is 9.59 Å². The van der Waals surface area contributed by atoms with E-state index >= 15 is 0 Å². The summed E-state index contributed by atoms with van der Waals surface area (Å²) in [5.41, 5.74) is 0.187. The molecule has 1 saturated heterocycles. The maximum Gasteiger partial charge on any atom is 0.241 e. The van der Waals surface area contributed by atoms with E-state index in [1.807, 2.05) is 0 Å². The highest BCUT2D eigenvalue weighted by Gasteiger charge is 2.32. The average molecular weight is 428 g/mol. The fourth-order valence-electron chi connectivity index (χ4n) is 3.09. The molecule has 0 saturated carbocycles. The summed E-state index contributed by atoms with van der Waals surface area (Å²) in [5, 5.41) is 5.84. The second-order valence-electron chi connectivity index (χ2n) is 6.41. The quantitative estimate of drug-likeness (QED) is 0.746. The van der Waals surface area contributed by atoms with E-state index in [2.05, 4.69) is 10.6 Å². The van der Waals surface area contributed by atoms with Gasteiger partial charge in [0.2, 0.25) is 11.8 Å². The fourth-order valence-corrected chi connectivity index (χ4v) is 3.54. The van der Waals surface area contributed by atoms with Gasteiger partial charge in [-0.1, -0.05) is 23.2 Å². The Kier molecular flexibility index (Phi) is 6.49. The van der Waals surface area contributed by atoms with Crippen LogP contribution in [0.2, 0.25) is 10.0 Å². The van der Waals surface area contributed by atoms with Gasteiger partial charge < -0.3 is 10.6 Å². The first-order valence-electron chi connectivity index (χ1n) is 8.58. The average Bonchev–Trinajstić information content (AvgIpc) is 3.08. The topological polar surface area (TPSA) is 61.4 Å². The zero-order valence-electron chi connectivity index (χ0n) is 14.6. The molecule has 0 spiro atoms. The van der Waals surface area contributed by atoms with E-state index in [1.165, 1.54) is 6.07 Å². The molecule has 2 aromatic carbocycles. The first-order chi connectivity index (χ1) is 13.3. The fraction of sp³-hybridized carbons (Fsp3) is 0.263. The molecular weight excluding hydrogens is 411 g/mol. The van der Waals surface area contributed by atoms with E-state index in [4.69, 9.17) is 23.2 Å². The highest BCUT2D eigenvalue weighted by molar-refractivity contribution is 6.36. The summed E-state index contributed by atoms with van der Waals surface area (Å²) in [6, 6.07) is 7.00. The first kappa shape index (κ1) is 20.5. The number of benzene rings is 2. The van der Waals surface area contributed by atoms with Crippen LogP contribution in [0.5, 0.6) is 0 Å². The Morgan fingerprint density at radius 1 is 1.07 bits per heavy atom. The van der Waals surface area contributed by atoms with Crippen LogP contribution in [0.4, 0.5) is 20.2 Å². The summed E-state index contributed by atoms with van der Waals surface area (Å²) in [6.45, 7) is 0.411. The van der Waals surface area contributed by atoms with Gasteiger partial charge in [0.25, 0.3) is 0 Å². The number of hydrogen-bond donors (Lipinski definition) is 2. The van der Waals surface area contributed by atoms with Crippen LogP contribution in [0, 0.1) is 11.6 Å². The van der Waals surface area contributed by atoms with Gasteiger partial charge in [-0.3, -0.25) is 14.5 Å². The molecule has 9 heteroatoms. The molecule has 148 valence electrons. The molecule has 1 atom stereocenters. The standard InChI is InChI=1S/C19H17Cl2F2N3O2/c20-11-3-6-15(13(21)8-11)25-19(28)17-2-1-7-26(17)10-18(27)24-16-9-12(22)4-5-14(16)23/h3-6,8-9,17H,1-2,7,10H2,(H,24,27)(H,25,28)/t17-/m1/s1. The Bertz CT molecular complexity index is 911. The molecule has 2 amide bonds. The normalized spacial score (nSPS) is 16.8. The van der Waals surface area contributed by atoms with Crippen molar-refractivity contribution in [3.63, 3.8) is 0 Å². The van der Waals surface area contributed by atoms with Crippen LogP contribution in [0.25, 0.3) is 0 Å². The van der Waals surface area contributed by atoms with E-state index in [9.17, 15) is 18.4 Å². The molecule has 1 heterocycles. The van der Waals surface area contributed by atoms with E-state index < -0.39 is 23.6 Å². The van der Waals surface area contributed by atoms with Crippen LogP contribution < -0.4 is 10.6 Å². The molecule has 1 aliphatic heterocycles. The highest BCUT2D eigenvalue weighted by Crippen LogP contribution is 2.27. The van der Waals surface area contributed by atoms with Crippen LogP contribution >= 0.6 is 23.2 Å². The van der Waals surface area contributed by atoms with E-state index in [1.54, 1.807) is 17.0 Å². The molecular formula is C19H17Cl2F2N3O2. The summed E-state index contributed by atoms with van der Waals surface area (Å²) < 4.78 is 26.9. The van der Waals surface area contributed by atoms with Crippen molar-refractivity contribution < 1.29 is 18.4 Å². The Morgan fingerprint density at radius 2 is 1.86 bits per heavy atom. The number of carbonyl (C=O) groups excluding carboxylic acids is 2. The van der Waals surface area contributed by atoms with Gasteiger partial charge in [-0.05, 0) is 49.7 Å². The predicted molar refractivity (Wildman–Crippen MR) is 105 cm³/mol. The van der Waals surface area contributed by atoms with Crippen LogP contribution in [0.15, 0.2) is 36.4 Å². The van der Waals surface area contributed by atoms with E-state index in [0.717, 1.165) is 24.6 Å². The lowest BCUT2D eigenvalue weighted by Gasteiger charge is -2.23. The minimum absolute atomic E-state index is 0.123. The third-order valence-corrected chi connectivity index (χ3v) is 4.95. The van der Waals surface area contributed by atoms with Crippen molar-refractivity contribution >= 4 is 46.4 Å². The van der Waals surface area contributed by atoms with Gasteiger partial charge in [-0.25, -0.2) is 8.78 Å². The lowest BCUT2D eigenvalue weighted by molar-refractivity contribution is -0.122. The molecule has 3 rings (SSSR count). The van der Waals surface area contributed by atoms with Crippen molar-refractivity contribution in [3.8, 4) is 0 Å². The maximum absolute atomic E-state index is 13.7. The second-order valence-corrected chi connectivity index (χ2v) is 7.26. The number of likely N-dealkylation sites (tertiary alicyclic amines) is 1. The van der Waals surface area contributed by atoms with Crippen molar-refractivity contribution in [1.29, 1.82) is 0 Å². The minimum Gasteiger partial charge on any atom is -0.323 e. The smallest absolute Gasteiger partial charge is 0.241 e. The van der Waals surface area contributed by atoms with Gasteiger partial charge in [0.1, 0.15) is 11.6 Å². The first-order valence-corrected chi connectivity index (χ1v) is 9.34. The molecule has 0 bridgehead atoms. The molecule has 1 aliphatic rings. The summed E-state index contributed by atoms with van der Waals surface area (Å²) >= 11 is 11.9. The maximum atomic E-state index is 13.7. The molecule has 2 N–H and O–H groups in total. The lowest BCUT2D eigenvalue weighted by Crippen LogP contribution is -2.43. The van der Waals surface area contributed by atoms with Crippen molar-refractivity contribution in [1.82, 2.24) is 4.90 Å². The number of rotatable bonds is 5. The molecule has 2 aromatic rings. The molecule has 0 radical (unpaired) electrons. The zero-order valence-corrected chi connectivity index (χ0v) is 16.2. The van der Waals surface area contributed by atoms with Gasteiger partial charge in [0, 0.05) is 11.1 Å². The Hall–Kier alpha value is -2.22. The summed E-state index contributed by atoms with van der Waals surface area (Å²) in [7, 11) is 0. The third kappa shape index (κ3) is 4.98. The predicted octanol–water partition coefficient (Wildman–Crippen LogP) is 4.31. The highest BCUT2D eigenvalue weighted by atomic mass is 35.5.